The average Bonchev–Trinajstić information content (AvgIpc) is 2.93. The van der Waals surface area contributed by atoms with Gasteiger partial charge in [0.2, 0.25) is 5.89 Å². The van der Waals surface area contributed by atoms with Crippen LogP contribution in [-0.2, 0) is 11.2 Å². The van der Waals surface area contributed by atoms with Crippen molar-refractivity contribution < 1.29 is 18.9 Å². The third-order valence-corrected chi connectivity index (χ3v) is 3.07. The maximum atomic E-state index is 12.1. The Balaban J connectivity index is 2.19. The van der Waals surface area contributed by atoms with E-state index in [-0.39, 0.29) is 17.1 Å². The molecule has 0 aliphatic rings. The maximum absolute atomic E-state index is 12.1. The summed E-state index contributed by atoms with van der Waals surface area (Å²) in [5.74, 6) is -0.152. The van der Waals surface area contributed by atoms with Gasteiger partial charge in [-0.3, -0.25) is 10.1 Å². The highest BCUT2D eigenvalue weighted by Gasteiger charge is 2.21. The molecule has 0 N–H and O–H groups in total. The van der Waals surface area contributed by atoms with Crippen LogP contribution < -0.4 is 0 Å². The minimum Gasteiger partial charge on any atom is -0.449 e. The molecule has 8 nitrogen and oxygen atoms in total. The van der Waals surface area contributed by atoms with E-state index in [9.17, 15) is 14.9 Å². The number of esters is 1. The normalized spacial score (nSPS) is 12.0. The Morgan fingerprint density at radius 3 is 2.73 bits per heavy atom. The van der Waals surface area contributed by atoms with Crippen molar-refractivity contribution in [3.8, 4) is 0 Å². The number of hydrogen-bond donors (Lipinski definition) is 0. The van der Waals surface area contributed by atoms with Crippen LogP contribution in [0.15, 0.2) is 22.6 Å². The Bertz CT molecular complexity index is 710. The zero-order valence-corrected chi connectivity index (χ0v) is 12.4. The van der Waals surface area contributed by atoms with Gasteiger partial charge in [0.25, 0.3) is 11.6 Å². The highest BCUT2D eigenvalue weighted by Crippen LogP contribution is 2.23. The van der Waals surface area contributed by atoms with Gasteiger partial charge in [0, 0.05) is 18.6 Å². The molecule has 1 aromatic carbocycles. The van der Waals surface area contributed by atoms with E-state index < -0.39 is 17.0 Å². The molecule has 1 heterocycles. The molecule has 2 rings (SSSR count). The molecule has 0 aliphatic heterocycles. The molecule has 0 aliphatic carbocycles. The predicted molar refractivity (Wildman–Crippen MR) is 75.3 cm³/mol. The number of ether oxygens (including phenoxy) is 1. The smallest absolute Gasteiger partial charge is 0.339 e. The molecule has 0 unspecified atom stereocenters. The lowest BCUT2D eigenvalue weighted by Crippen LogP contribution is -2.10. The molecule has 22 heavy (non-hydrogen) atoms. The predicted octanol–water partition coefficient (Wildman–Crippen LogP) is 2.77. The van der Waals surface area contributed by atoms with Crippen LogP contribution in [-0.4, -0.2) is 21.1 Å². The minimum atomic E-state index is -0.737. The van der Waals surface area contributed by atoms with Crippen molar-refractivity contribution in [1.29, 1.82) is 0 Å². The summed E-state index contributed by atoms with van der Waals surface area (Å²) in [6.45, 7) is 5.01. The molecule has 1 atom stereocenters. The first kappa shape index (κ1) is 15.6. The first-order valence-corrected chi connectivity index (χ1v) is 6.70. The Kier molecular flexibility index (Phi) is 4.50. The van der Waals surface area contributed by atoms with Crippen molar-refractivity contribution in [3.05, 3.63) is 51.2 Å². The lowest BCUT2D eigenvalue weighted by Gasteiger charge is -2.10. The van der Waals surface area contributed by atoms with Crippen LogP contribution in [0, 0.1) is 17.0 Å². The third kappa shape index (κ3) is 3.27. The van der Waals surface area contributed by atoms with E-state index in [1.165, 1.54) is 12.1 Å². The van der Waals surface area contributed by atoms with E-state index in [4.69, 9.17) is 9.15 Å². The molecule has 0 saturated heterocycles. The largest absolute Gasteiger partial charge is 0.449 e. The Hall–Kier alpha value is -2.77. The van der Waals surface area contributed by atoms with Crippen molar-refractivity contribution >= 4 is 11.7 Å². The Morgan fingerprint density at radius 2 is 2.18 bits per heavy atom. The van der Waals surface area contributed by atoms with Crippen molar-refractivity contribution in [2.24, 2.45) is 0 Å². The monoisotopic (exact) mass is 305 g/mol. The molecule has 2 aromatic rings. The summed E-state index contributed by atoms with van der Waals surface area (Å²) in [5, 5.41) is 18.4. The minimum absolute atomic E-state index is 0.0989. The van der Waals surface area contributed by atoms with Gasteiger partial charge >= 0.3 is 5.97 Å². The van der Waals surface area contributed by atoms with Crippen LogP contribution in [0.25, 0.3) is 0 Å². The standard InChI is InChI=1S/C14H15N3O5/c1-4-10-5-6-11(7-12(10)17(19)20)14(18)21-8(2)13-16-15-9(3)22-13/h5-8H,4H2,1-3H3/t8-/m1/s1. The highest BCUT2D eigenvalue weighted by molar-refractivity contribution is 5.90. The van der Waals surface area contributed by atoms with E-state index in [1.807, 2.05) is 0 Å². The van der Waals surface area contributed by atoms with Crippen LogP contribution >= 0.6 is 0 Å². The lowest BCUT2D eigenvalue weighted by molar-refractivity contribution is -0.385. The summed E-state index contributed by atoms with van der Waals surface area (Å²) < 4.78 is 10.4. The molecule has 0 radical (unpaired) electrons. The zero-order valence-electron chi connectivity index (χ0n) is 12.4. The number of aryl methyl sites for hydroxylation is 2. The van der Waals surface area contributed by atoms with E-state index in [2.05, 4.69) is 10.2 Å². The van der Waals surface area contributed by atoms with Crippen LogP contribution in [0.4, 0.5) is 5.69 Å². The second kappa shape index (κ2) is 6.33. The summed E-state index contributed by atoms with van der Waals surface area (Å²) in [7, 11) is 0. The van der Waals surface area contributed by atoms with Crippen molar-refractivity contribution in [1.82, 2.24) is 10.2 Å². The maximum Gasteiger partial charge on any atom is 0.339 e. The molecule has 0 spiro atoms. The second-order valence-corrected chi connectivity index (χ2v) is 4.66. The fraction of sp³-hybridized carbons (Fsp3) is 0.357. The highest BCUT2D eigenvalue weighted by atomic mass is 16.6. The zero-order chi connectivity index (χ0) is 16.3. The number of aromatic nitrogens is 2. The molecular weight excluding hydrogens is 290 g/mol. The van der Waals surface area contributed by atoms with Crippen molar-refractivity contribution in [2.75, 3.05) is 0 Å². The van der Waals surface area contributed by atoms with Crippen molar-refractivity contribution in [3.63, 3.8) is 0 Å². The second-order valence-electron chi connectivity index (χ2n) is 4.66. The van der Waals surface area contributed by atoms with Gasteiger partial charge in [-0.05, 0) is 19.4 Å². The van der Waals surface area contributed by atoms with Crippen LogP contribution in [0.2, 0.25) is 0 Å². The van der Waals surface area contributed by atoms with E-state index in [1.54, 1.807) is 26.8 Å². The van der Waals surface area contributed by atoms with Gasteiger partial charge in [-0.25, -0.2) is 4.79 Å². The number of nitrogens with zero attached hydrogens (tertiary/aromatic N) is 3. The molecule has 0 bridgehead atoms. The number of carbonyl (C=O) groups is 1. The fourth-order valence-corrected chi connectivity index (χ4v) is 1.91. The van der Waals surface area contributed by atoms with Crippen LogP contribution in [0.5, 0.6) is 0 Å². The molecule has 0 saturated carbocycles. The molecule has 0 fully saturated rings. The molecule has 1 aromatic heterocycles. The summed E-state index contributed by atoms with van der Waals surface area (Å²) in [5.41, 5.74) is 0.562. The van der Waals surface area contributed by atoms with E-state index in [0.29, 0.717) is 17.9 Å². The number of nitro benzene ring substituents is 1. The van der Waals surface area contributed by atoms with Gasteiger partial charge in [-0.15, -0.1) is 10.2 Å². The third-order valence-electron chi connectivity index (χ3n) is 3.07. The van der Waals surface area contributed by atoms with Gasteiger partial charge in [0.15, 0.2) is 6.10 Å². The summed E-state index contributed by atoms with van der Waals surface area (Å²) in [6, 6.07) is 4.27. The van der Waals surface area contributed by atoms with Crippen LogP contribution in [0.3, 0.4) is 0 Å². The van der Waals surface area contributed by atoms with Gasteiger partial charge in [-0.1, -0.05) is 13.0 Å². The molecule has 0 amide bonds. The average molecular weight is 305 g/mol. The van der Waals surface area contributed by atoms with Gasteiger partial charge in [0.05, 0.1) is 10.5 Å². The quantitative estimate of drug-likeness (QED) is 0.474. The van der Waals surface area contributed by atoms with Crippen LogP contribution in [0.1, 0.15) is 47.7 Å². The number of rotatable bonds is 5. The number of benzene rings is 1. The first-order chi connectivity index (χ1) is 10.4. The van der Waals surface area contributed by atoms with Gasteiger partial charge in [0.1, 0.15) is 0 Å². The van der Waals surface area contributed by atoms with Crippen molar-refractivity contribution in [2.45, 2.75) is 33.3 Å². The van der Waals surface area contributed by atoms with E-state index >= 15 is 0 Å². The SMILES string of the molecule is CCc1ccc(C(=O)O[C@H](C)c2nnc(C)o2)cc1[N+](=O)[O-]. The summed E-state index contributed by atoms with van der Waals surface area (Å²) in [6.07, 6.45) is -0.234. The fourth-order valence-electron chi connectivity index (χ4n) is 1.91. The molecule has 116 valence electrons. The van der Waals surface area contributed by atoms with Gasteiger partial charge < -0.3 is 9.15 Å². The Labute approximate surface area is 126 Å². The first-order valence-electron chi connectivity index (χ1n) is 6.70. The number of hydrogen-bond acceptors (Lipinski definition) is 7. The molecule has 8 heteroatoms. The Morgan fingerprint density at radius 1 is 1.45 bits per heavy atom. The van der Waals surface area contributed by atoms with E-state index in [0.717, 1.165) is 0 Å². The summed E-state index contributed by atoms with van der Waals surface area (Å²) >= 11 is 0. The number of carbonyl (C=O) groups excluding carboxylic acids is 1. The number of nitro groups is 1. The lowest BCUT2D eigenvalue weighted by atomic mass is 10.1. The topological polar surface area (TPSA) is 108 Å². The molecular formula is C14H15N3O5. The van der Waals surface area contributed by atoms with Gasteiger partial charge in [-0.2, -0.15) is 0 Å². The summed E-state index contributed by atoms with van der Waals surface area (Å²) in [4.78, 5) is 22.6.